The number of aliphatic imine (C=N–C) groups is 2. The van der Waals surface area contributed by atoms with Crippen LogP contribution in [0, 0.1) is 0 Å². The van der Waals surface area contributed by atoms with Crippen molar-refractivity contribution in [2.75, 3.05) is 19.6 Å². The second-order valence-electron chi connectivity index (χ2n) is 13.3. The van der Waals surface area contributed by atoms with E-state index in [0.29, 0.717) is 5.56 Å². The summed E-state index contributed by atoms with van der Waals surface area (Å²) in [5, 5.41) is 24.6. The van der Waals surface area contributed by atoms with Gasteiger partial charge in [-0.2, -0.15) is 0 Å². The van der Waals surface area contributed by atoms with Gasteiger partial charge in [0.05, 0.1) is 6.54 Å². The molecule has 0 radical (unpaired) electrons. The molecule has 306 valence electrons. The summed E-state index contributed by atoms with van der Waals surface area (Å²) in [5.41, 5.74) is 28.9. The molecule has 57 heavy (non-hydrogen) atoms. The molecule has 0 aliphatic carbocycles. The molecule has 0 saturated carbocycles. The molecule has 0 heterocycles. The van der Waals surface area contributed by atoms with E-state index in [4.69, 9.17) is 28.7 Å². The maximum Gasteiger partial charge on any atom is 0.243 e. The Hall–Kier alpha value is -6.92. The molecule has 16 N–H and O–H groups in total. The van der Waals surface area contributed by atoms with Crippen molar-refractivity contribution in [1.29, 1.82) is 0 Å². The fourth-order valence-electron chi connectivity index (χ4n) is 5.71. The molecule has 3 aromatic rings. The van der Waals surface area contributed by atoms with E-state index in [9.17, 15) is 33.9 Å². The molecule has 6 amide bonds. The zero-order chi connectivity index (χ0) is 41.9. The van der Waals surface area contributed by atoms with Gasteiger partial charge in [0.25, 0.3) is 0 Å². The molecule has 4 atom stereocenters. The maximum absolute atomic E-state index is 14.0. The molecule has 19 heteroatoms. The second kappa shape index (κ2) is 22.5. The Labute approximate surface area is 329 Å². The van der Waals surface area contributed by atoms with Gasteiger partial charge >= 0.3 is 0 Å². The molecule has 0 aromatic heterocycles. The van der Waals surface area contributed by atoms with Gasteiger partial charge in [-0.25, -0.2) is 0 Å². The number of rotatable bonds is 22. The van der Waals surface area contributed by atoms with Gasteiger partial charge in [-0.05, 0) is 59.7 Å². The lowest BCUT2D eigenvalue weighted by atomic mass is 10.0. The van der Waals surface area contributed by atoms with Crippen molar-refractivity contribution in [2.45, 2.75) is 69.6 Å². The first-order valence-electron chi connectivity index (χ1n) is 18.2. The number of phenols is 1. The highest BCUT2D eigenvalue weighted by Crippen LogP contribution is 2.17. The molecular weight excluding hydrogens is 736 g/mol. The molecule has 0 aliphatic heterocycles. The molecule has 3 rings (SSSR count). The summed E-state index contributed by atoms with van der Waals surface area (Å²) in [6.45, 7) is 1.03. The van der Waals surface area contributed by atoms with Crippen molar-refractivity contribution in [2.24, 2.45) is 38.7 Å². The van der Waals surface area contributed by atoms with Crippen LogP contribution in [0.3, 0.4) is 0 Å². The summed E-state index contributed by atoms with van der Waals surface area (Å²) < 4.78 is 0. The molecule has 0 aliphatic rings. The van der Waals surface area contributed by atoms with Crippen LogP contribution in [-0.4, -0.2) is 96.3 Å². The third-order valence-corrected chi connectivity index (χ3v) is 8.60. The summed E-state index contributed by atoms with van der Waals surface area (Å²) in [6.07, 6.45) is 0.479. The van der Waals surface area contributed by atoms with Gasteiger partial charge in [-0.3, -0.25) is 38.8 Å². The highest BCUT2D eigenvalue weighted by molar-refractivity contribution is 5.96. The lowest BCUT2D eigenvalue weighted by Gasteiger charge is -2.26. The third-order valence-electron chi connectivity index (χ3n) is 8.60. The van der Waals surface area contributed by atoms with Crippen LogP contribution in [0.15, 0.2) is 76.7 Å². The Balaban J connectivity index is 1.87. The fraction of sp³-hybridized carbons (Fsp3) is 0.368. The Morgan fingerprint density at radius 3 is 1.63 bits per heavy atom. The minimum atomic E-state index is -1.28. The summed E-state index contributed by atoms with van der Waals surface area (Å²) >= 11 is 0. The van der Waals surface area contributed by atoms with Crippen LogP contribution in [0.4, 0.5) is 0 Å². The number of primary amides is 1. The second-order valence-corrected chi connectivity index (χ2v) is 13.3. The maximum atomic E-state index is 14.0. The van der Waals surface area contributed by atoms with E-state index >= 15 is 0 Å². The van der Waals surface area contributed by atoms with Crippen molar-refractivity contribution < 1.29 is 33.9 Å². The van der Waals surface area contributed by atoms with E-state index in [0.717, 1.165) is 16.3 Å². The molecule has 0 fully saturated rings. The first-order chi connectivity index (χ1) is 27.1. The monoisotopic (exact) mass is 788 g/mol. The number of carbonyl (C=O) groups is 6. The first kappa shape index (κ1) is 44.5. The molecule has 0 spiro atoms. The fourth-order valence-corrected chi connectivity index (χ4v) is 5.71. The van der Waals surface area contributed by atoms with E-state index in [1.165, 1.54) is 19.1 Å². The average Bonchev–Trinajstić information content (AvgIpc) is 3.16. The number of guanidine groups is 2. The van der Waals surface area contributed by atoms with Gasteiger partial charge in [-0.15, -0.1) is 0 Å². The summed E-state index contributed by atoms with van der Waals surface area (Å²) in [5.74, 6) is -4.56. The Morgan fingerprint density at radius 2 is 1.11 bits per heavy atom. The van der Waals surface area contributed by atoms with Crippen LogP contribution >= 0.6 is 0 Å². The topological polar surface area (TPSA) is 338 Å². The van der Waals surface area contributed by atoms with Gasteiger partial charge in [0.1, 0.15) is 29.9 Å². The number of phenolic OH excluding ortho intramolecular Hbond substituents is 1. The number of nitrogens with zero attached hydrogens (tertiary/aromatic N) is 2. The van der Waals surface area contributed by atoms with Crippen molar-refractivity contribution >= 4 is 58.1 Å². The Bertz CT molecular complexity index is 1930. The standard InChI is InChI=1S/C38H52N12O7/c1-22(51)46-21-32(53)47-31(19-23-11-14-27(52)15-12-23)36(57)49-28(8-4-16-44-37(40)41)34(55)48-29(9-5-17-45-38(42)43)35(56)50-30(33(39)54)20-24-10-13-25-6-2-3-7-26(25)18-24/h2-3,6-7,10-15,18,28-31,52H,4-5,8-9,16-17,19-21H2,1H3,(H2,39,54)(H,46,51)(H,47,53)(H,48,55)(H,49,57)(H,50,56)(H4,40,41,44)(H4,42,43,45)/t28-,29-,30-,31+/m0/s1. The molecule has 3 aromatic carbocycles. The van der Waals surface area contributed by atoms with E-state index in [2.05, 4.69) is 36.6 Å². The molecule has 0 unspecified atom stereocenters. The molecule has 19 nitrogen and oxygen atoms in total. The minimum Gasteiger partial charge on any atom is -0.508 e. The van der Waals surface area contributed by atoms with Gasteiger partial charge in [0.15, 0.2) is 11.9 Å². The zero-order valence-corrected chi connectivity index (χ0v) is 31.7. The number of hydrogen-bond acceptors (Lipinski definition) is 9. The van der Waals surface area contributed by atoms with Crippen LogP contribution in [0.1, 0.15) is 43.7 Å². The zero-order valence-electron chi connectivity index (χ0n) is 31.7. The number of fused-ring (bicyclic) bond motifs is 1. The molecular formula is C38H52N12O7. The minimum absolute atomic E-state index is 0.00562. The SMILES string of the molecule is CC(=O)NCC(=O)N[C@H](Cc1ccc(O)cc1)C(=O)N[C@@H](CCCN=C(N)N)C(=O)N[C@@H](CCCN=C(N)N)C(=O)N[C@@H](Cc1ccc2ccccc2c1)C(N)=O. The summed E-state index contributed by atoms with van der Waals surface area (Å²) in [6, 6.07) is 14.3. The van der Waals surface area contributed by atoms with Gasteiger partial charge in [0.2, 0.25) is 35.4 Å². The van der Waals surface area contributed by atoms with Gasteiger partial charge < -0.3 is 60.4 Å². The quantitative estimate of drug-likeness (QED) is 0.0300. The number of nitrogens with one attached hydrogen (secondary N) is 5. The third kappa shape index (κ3) is 16.1. The largest absolute Gasteiger partial charge is 0.508 e. The highest BCUT2D eigenvalue weighted by Gasteiger charge is 2.31. The first-order valence-corrected chi connectivity index (χ1v) is 18.2. The predicted octanol–water partition coefficient (Wildman–Crippen LogP) is -2.00. The van der Waals surface area contributed by atoms with Gasteiger partial charge in [-0.1, -0.05) is 54.6 Å². The normalized spacial score (nSPS) is 12.8. The lowest BCUT2D eigenvalue weighted by molar-refractivity contribution is -0.134. The van der Waals surface area contributed by atoms with Gasteiger partial charge in [0, 0.05) is 32.9 Å². The van der Waals surface area contributed by atoms with Crippen LogP contribution in [0.5, 0.6) is 5.75 Å². The Morgan fingerprint density at radius 1 is 0.614 bits per heavy atom. The average molecular weight is 789 g/mol. The smallest absolute Gasteiger partial charge is 0.243 e. The lowest BCUT2D eigenvalue weighted by Crippen LogP contribution is -2.58. The van der Waals surface area contributed by atoms with E-state index in [1.54, 1.807) is 12.1 Å². The van der Waals surface area contributed by atoms with Crippen LogP contribution in [-0.2, 0) is 41.6 Å². The number of aromatic hydroxyl groups is 1. The number of benzene rings is 3. The van der Waals surface area contributed by atoms with Crippen molar-refractivity contribution in [3.8, 4) is 5.75 Å². The van der Waals surface area contributed by atoms with E-state index in [-0.39, 0.29) is 69.3 Å². The van der Waals surface area contributed by atoms with Crippen LogP contribution < -0.4 is 55.3 Å². The van der Waals surface area contributed by atoms with Crippen molar-refractivity contribution in [3.05, 3.63) is 77.9 Å². The summed E-state index contributed by atoms with van der Waals surface area (Å²) in [7, 11) is 0. The van der Waals surface area contributed by atoms with Crippen LogP contribution in [0.25, 0.3) is 10.8 Å². The highest BCUT2D eigenvalue weighted by atomic mass is 16.3. The number of carbonyl (C=O) groups excluding carboxylic acids is 6. The van der Waals surface area contributed by atoms with E-state index < -0.39 is 66.2 Å². The van der Waals surface area contributed by atoms with Crippen molar-refractivity contribution in [1.82, 2.24) is 26.6 Å². The predicted molar refractivity (Wildman–Crippen MR) is 215 cm³/mol. The molecule has 0 saturated heterocycles. The number of nitrogens with two attached hydrogens (primary N) is 5. The van der Waals surface area contributed by atoms with Crippen molar-refractivity contribution in [3.63, 3.8) is 0 Å². The number of amides is 6. The summed E-state index contributed by atoms with van der Waals surface area (Å²) in [4.78, 5) is 86.3. The Kier molecular flexibility index (Phi) is 17.5. The molecule has 0 bridgehead atoms. The van der Waals surface area contributed by atoms with Crippen LogP contribution in [0.2, 0.25) is 0 Å². The number of hydrogen-bond donors (Lipinski definition) is 11. The van der Waals surface area contributed by atoms with E-state index in [1.807, 2.05) is 42.5 Å².